The van der Waals surface area contributed by atoms with Crippen LogP contribution in [0, 0.1) is 17.2 Å². The standard InChI is InChI=1S/C27H20N2O3S/c1-2-32-25(30)23-20(17-28)24-29(21-15-9-10-16-22(21)33-24)26(31)27(23,18-11-5-3-6-12-18)19-13-7-4-8-14-19/h3-16,23H,2H2,1H3. The van der Waals surface area contributed by atoms with Gasteiger partial charge in [0.15, 0.2) is 0 Å². The molecule has 3 aromatic carbocycles. The van der Waals surface area contributed by atoms with Crippen LogP contribution in [0.5, 0.6) is 0 Å². The van der Waals surface area contributed by atoms with Crippen LogP contribution in [0.1, 0.15) is 18.1 Å². The van der Waals surface area contributed by atoms with Gasteiger partial charge in [0.2, 0.25) is 5.91 Å². The van der Waals surface area contributed by atoms with E-state index in [1.54, 1.807) is 11.8 Å². The molecular weight excluding hydrogens is 432 g/mol. The molecule has 1 unspecified atom stereocenters. The molecule has 0 aromatic heterocycles. The highest BCUT2D eigenvalue weighted by Crippen LogP contribution is 2.57. The average Bonchev–Trinajstić information content (AvgIpc) is 3.25. The first-order chi connectivity index (χ1) is 16.1. The normalized spacial score (nSPS) is 18.4. The van der Waals surface area contributed by atoms with Gasteiger partial charge in [0, 0.05) is 4.90 Å². The zero-order chi connectivity index (χ0) is 23.0. The average molecular weight is 453 g/mol. The zero-order valence-corrected chi connectivity index (χ0v) is 18.7. The highest BCUT2D eigenvalue weighted by molar-refractivity contribution is 8.03. The maximum Gasteiger partial charge on any atom is 0.316 e. The summed E-state index contributed by atoms with van der Waals surface area (Å²) in [4.78, 5) is 30.7. The number of para-hydroxylation sites is 1. The maximum absolute atomic E-state index is 14.6. The minimum atomic E-state index is -1.46. The van der Waals surface area contributed by atoms with Gasteiger partial charge in [-0.3, -0.25) is 14.5 Å². The number of nitrogens with zero attached hydrogens (tertiary/aromatic N) is 2. The highest BCUT2D eigenvalue weighted by atomic mass is 32.2. The van der Waals surface area contributed by atoms with E-state index in [4.69, 9.17) is 4.74 Å². The number of thioether (sulfide) groups is 1. The molecule has 0 spiro atoms. The van der Waals surface area contributed by atoms with Crippen LogP contribution in [0.25, 0.3) is 0 Å². The largest absolute Gasteiger partial charge is 0.465 e. The number of carbonyl (C=O) groups is 2. The number of amides is 1. The van der Waals surface area contributed by atoms with Gasteiger partial charge in [-0.15, -0.1) is 0 Å². The van der Waals surface area contributed by atoms with Gasteiger partial charge in [-0.05, 0) is 30.2 Å². The summed E-state index contributed by atoms with van der Waals surface area (Å²) in [5.74, 6) is -1.98. The highest BCUT2D eigenvalue weighted by Gasteiger charge is 2.61. The number of carbonyl (C=O) groups excluding carboxylic acids is 2. The Morgan fingerprint density at radius 1 is 1.00 bits per heavy atom. The number of hydrogen-bond donors (Lipinski definition) is 0. The molecule has 2 heterocycles. The van der Waals surface area contributed by atoms with Crippen molar-refractivity contribution in [3.63, 3.8) is 0 Å². The molecule has 5 rings (SSSR count). The summed E-state index contributed by atoms with van der Waals surface area (Å²) in [7, 11) is 0. The van der Waals surface area contributed by atoms with Crippen LogP contribution in [-0.2, 0) is 19.7 Å². The summed E-state index contributed by atoms with van der Waals surface area (Å²) in [6.45, 7) is 1.87. The fourth-order valence-corrected chi connectivity index (χ4v) is 5.95. The van der Waals surface area contributed by atoms with Crippen LogP contribution in [0.15, 0.2) is 100 Å². The first-order valence-corrected chi connectivity index (χ1v) is 11.5. The van der Waals surface area contributed by atoms with Crippen molar-refractivity contribution >= 4 is 29.3 Å². The second-order valence-corrected chi connectivity index (χ2v) is 8.80. The fourth-order valence-electron chi connectivity index (χ4n) is 4.79. The first-order valence-electron chi connectivity index (χ1n) is 10.7. The second-order valence-electron chi connectivity index (χ2n) is 7.77. The van der Waals surface area contributed by atoms with Gasteiger partial charge >= 0.3 is 5.97 Å². The molecule has 0 saturated carbocycles. The Kier molecular flexibility index (Phi) is 5.27. The minimum absolute atomic E-state index is 0.147. The summed E-state index contributed by atoms with van der Waals surface area (Å²) in [5.41, 5.74) is 0.776. The molecule has 0 fully saturated rings. The molecule has 1 amide bonds. The molecular formula is C27H20N2O3S. The van der Waals surface area contributed by atoms with E-state index in [2.05, 4.69) is 6.07 Å². The summed E-state index contributed by atoms with van der Waals surface area (Å²) in [6, 6.07) is 28.3. The van der Waals surface area contributed by atoms with E-state index in [-0.39, 0.29) is 18.1 Å². The lowest BCUT2D eigenvalue weighted by Crippen LogP contribution is -2.57. The van der Waals surface area contributed by atoms with Gasteiger partial charge in [-0.2, -0.15) is 5.26 Å². The van der Waals surface area contributed by atoms with Crippen molar-refractivity contribution in [2.75, 3.05) is 11.5 Å². The molecule has 6 heteroatoms. The number of fused-ring (bicyclic) bond motifs is 3. The Balaban J connectivity index is 1.91. The topological polar surface area (TPSA) is 70.4 Å². The summed E-state index contributed by atoms with van der Waals surface area (Å²) in [5, 5.41) is 10.8. The molecule has 2 aliphatic heterocycles. The predicted octanol–water partition coefficient (Wildman–Crippen LogP) is 5.04. The lowest BCUT2D eigenvalue weighted by Gasteiger charge is -2.45. The third-order valence-electron chi connectivity index (χ3n) is 6.11. The number of esters is 1. The first kappa shape index (κ1) is 21.0. The number of benzene rings is 3. The van der Waals surface area contributed by atoms with Crippen molar-refractivity contribution in [2.24, 2.45) is 5.92 Å². The fraction of sp³-hybridized carbons (Fsp3) is 0.148. The third-order valence-corrected chi connectivity index (χ3v) is 7.27. The van der Waals surface area contributed by atoms with E-state index in [1.165, 1.54) is 11.8 Å². The van der Waals surface area contributed by atoms with Crippen molar-refractivity contribution < 1.29 is 14.3 Å². The molecule has 3 aromatic rings. The van der Waals surface area contributed by atoms with E-state index < -0.39 is 17.3 Å². The molecule has 0 bridgehead atoms. The van der Waals surface area contributed by atoms with E-state index in [0.29, 0.717) is 21.8 Å². The van der Waals surface area contributed by atoms with Gasteiger partial charge in [-0.25, -0.2) is 0 Å². The lowest BCUT2D eigenvalue weighted by molar-refractivity contribution is -0.151. The van der Waals surface area contributed by atoms with Crippen LogP contribution >= 0.6 is 11.8 Å². The van der Waals surface area contributed by atoms with Crippen molar-refractivity contribution in [3.8, 4) is 6.07 Å². The van der Waals surface area contributed by atoms with Crippen molar-refractivity contribution in [2.45, 2.75) is 17.2 Å². The molecule has 1 atom stereocenters. The van der Waals surface area contributed by atoms with Crippen molar-refractivity contribution in [1.82, 2.24) is 0 Å². The number of hydrogen-bond acceptors (Lipinski definition) is 5. The number of ether oxygens (including phenoxy) is 1. The van der Waals surface area contributed by atoms with Gasteiger partial charge in [0.05, 0.1) is 23.9 Å². The van der Waals surface area contributed by atoms with E-state index in [0.717, 1.165) is 4.90 Å². The van der Waals surface area contributed by atoms with E-state index in [1.807, 2.05) is 84.9 Å². The molecule has 33 heavy (non-hydrogen) atoms. The Bertz CT molecular complexity index is 1270. The molecule has 5 nitrogen and oxygen atoms in total. The Labute approximate surface area is 196 Å². The van der Waals surface area contributed by atoms with Gasteiger partial charge in [0.25, 0.3) is 0 Å². The summed E-state index contributed by atoms with van der Waals surface area (Å²) in [6.07, 6.45) is 0. The minimum Gasteiger partial charge on any atom is -0.465 e. The number of nitriles is 1. The summed E-state index contributed by atoms with van der Waals surface area (Å²) >= 11 is 1.34. The van der Waals surface area contributed by atoms with Gasteiger partial charge < -0.3 is 4.74 Å². The molecule has 162 valence electrons. The van der Waals surface area contributed by atoms with E-state index >= 15 is 0 Å². The van der Waals surface area contributed by atoms with Crippen LogP contribution in [0.3, 0.4) is 0 Å². The Hall–Kier alpha value is -3.82. The second kappa shape index (κ2) is 8.27. The Morgan fingerprint density at radius 3 is 2.15 bits per heavy atom. The van der Waals surface area contributed by atoms with Crippen LogP contribution in [-0.4, -0.2) is 18.5 Å². The van der Waals surface area contributed by atoms with Gasteiger partial charge in [-0.1, -0.05) is 84.6 Å². The molecule has 0 N–H and O–H groups in total. The lowest BCUT2D eigenvalue weighted by atomic mass is 9.61. The monoisotopic (exact) mass is 452 g/mol. The molecule has 0 radical (unpaired) electrons. The van der Waals surface area contributed by atoms with Crippen LogP contribution in [0.4, 0.5) is 5.69 Å². The number of rotatable bonds is 4. The van der Waals surface area contributed by atoms with Crippen LogP contribution < -0.4 is 4.90 Å². The maximum atomic E-state index is 14.6. The van der Waals surface area contributed by atoms with Crippen LogP contribution in [0.2, 0.25) is 0 Å². The predicted molar refractivity (Wildman–Crippen MR) is 126 cm³/mol. The number of anilines is 1. The van der Waals surface area contributed by atoms with E-state index in [9.17, 15) is 14.9 Å². The molecule has 0 aliphatic carbocycles. The van der Waals surface area contributed by atoms with Crippen molar-refractivity contribution in [1.29, 1.82) is 5.26 Å². The zero-order valence-electron chi connectivity index (χ0n) is 17.9. The molecule has 0 saturated heterocycles. The van der Waals surface area contributed by atoms with Gasteiger partial charge in [0.1, 0.15) is 16.4 Å². The smallest absolute Gasteiger partial charge is 0.316 e. The Morgan fingerprint density at radius 2 is 1.58 bits per heavy atom. The molecule has 2 aliphatic rings. The SMILES string of the molecule is CCOC(=O)C1C(C#N)=C2Sc3ccccc3N2C(=O)C1(c1ccccc1)c1ccccc1. The third kappa shape index (κ3) is 3.00. The van der Waals surface area contributed by atoms with Crippen molar-refractivity contribution in [3.05, 3.63) is 107 Å². The quantitative estimate of drug-likeness (QED) is 0.519. The summed E-state index contributed by atoms with van der Waals surface area (Å²) < 4.78 is 5.48.